The van der Waals surface area contributed by atoms with Crippen molar-refractivity contribution in [2.75, 3.05) is 25.0 Å². The van der Waals surface area contributed by atoms with Gasteiger partial charge < -0.3 is 10.2 Å². The number of aliphatic imine (C=N–C) groups is 1. The van der Waals surface area contributed by atoms with E-state index in [4.69, 9.17) is 0 Å². The first-order chi connectivity index (χ1) is 10.3. The molecule has 21 heavy (non-hydrogen) atoms. The van der Waals surface area contributed by atoms with E-state index in [0.29, 0.717) is 0 Å². The van der Waals surface area contributed by atoms with Crippen LogP contribution in [0.5, 0.6) is 0 Å². The summed E-state index contributed by atoms with van der Waals surface area (Å²) < 4.78 is 1.95. The predicted octanol–water partition coefficient (Wildman–Crippen LogP) is 1.83. The maximum absolute atomic E-state index is 4.41. The van der Waals surface area contributed by atoms with Gasteiger partial charge in [-0.15, -0.1) is 0 Å². The number of guanidine groups is 1. The van der Waals surface area contributed by atoms with Gasteiger partial charge in [-0.25, -0.2) is 0 Å². The van der Waals surface area contributed by atoms with Crippen molar-refractivity contribution in [2.24, 2.45) is 4.99 Å². The number of anilines is 1. The minimum atomic E-state index is 0.812. The quantitative estimate of drug-likeness (QED) is 0.690. The number of aryl methyl sites for hydroxylation is 1. The molecule has 0 unspecified atom stereocenters. The predicted molar refractivity (Wildman–Crippen MR) is 85.8 cm³/mol. The smallest absolute Gasteiger partial charge is 0.198 e. The Labute approximate surface area is 125 Å². The highest BCUT2D eigenvalue weighted by Gasteiger charge is 2.21. The highest BCUT2D eigenvalue weighted by atomic mass is 15.3. The number of fused-ring (bicyclic) bond motifs is 1. The first-order valence-electron chi connectivity index (χ1n) is 7.33. The Morgan fingerprint density at radius 3 is 3.00 bits per heavy atom. The third kappa shape index (κ3) is 2.91. The molecule has 0 fully saturated rings. The molecule has 1 aromatic carbocycles. The van der Waals surface area contributed by atoms with Gasteiger partial charge in [-0.3, -0.25) is 9.67 Å². The molecule has 0 bridgehead atoms. The molecule has 0 saturated heterocycles. The maximum atomic E-state index is 4.41. The van der Waals surface area contributed by atoms with Crippen LogP contribution in [0, 0.1) is 6.92 Å². The summed E-state index contributed by atoms with van der Waals surface area (Å²) in [7, 11) is 1.83. The highest BCUT2D eigenvalue weighted by Crippen LogP contribution is 2.27. The van der Waals surface area contributed by atoms with Gasteiger partial charge in [0.05, 0.1) is 12.7 Å². The van der Waals surface area contributed by atoms with Crippen molar-refractivity contribution in [3.63, 3.8) is 0 Å². The summed E-state index contributed by atoms with van der Waals surface area (Å²) >= 11 is 0. The molecule has 1 N–H and O–H groups in total. The fraction of sp³-hybridized carbons (Fsp3) is 0.375. The zero-order chi connectivity index (χ0) is 14.7. The van der Waals surface area contributed by atoms with Crippen LogP contribution in [0.25, 0.3) is 0 Å². The minimum Gasteiger partial charge on any atom is -0.354 e. The fourth-order valence-electron chi connectivity index (χ4n) is 2.72. The third-order valence-electron chi connectivity index (χ3n) is 3.74. The second-order valence-corrected chi connectivity index (χ2v) is 5.29. The lowest BCUT2D eigenvalue weighted by Crippen LogP contribution is -2.41. The van der Waals surface area contributed by atoms with Gasteiger partial charge in [0, 0.05) is 32.0 Å². The molecule has 0 atom stereocenters. The van der Waals surface area contributed by atoms with Crippen LogP contribution in [0.15, 0.2) is 41.7 Å². The minimum absolute atomic E-state index is 0.812. The van der Waals surface area contributed by atoms with E-state index in [1.165, 1.54) is 16.8 Å². The maximum Gasteiger partial charge on any atom is 0.198 e. The summed E-state index contributed by atoms with van der Waals surface area (Å²) in [5, 5.41) is 7.72. The Bertz CT molecular complexity index is 644. The average molecular weight is 283 g/mol. The fourth-order valence-corrected chi connectivity index (χ4v) is 2.72. The first kappa shape index (κ1) is 13.7. The number of benzene rings is 1. The van der Waals surface area contributed by atoms with Crippen molar-refractivity contribution >= 4 is 11.6 Å². The summed E-state index contributed by atoms with van der Waals surface area (Å²) in [6, 6.07) is 8.52. The van der Waals surface area contributed by atoms with E-state index in [2.05, 4.69) is 57.7 Å². The van der Waals surface area contributed by atoms with Crippen molar-refractivity contribution in [1.29, 1.82) is 0 Å². The van der Waals surface area contributed by atoms with Crippen molar-refractivity contribution in [3.05, 3.63) is 47.8 Å². The van der Waals surface area contributed by atoms with Crippen LogP contribution in [0.1, 0.15) is 11.1 Å². The molecular formula is C16H21N5. The highest BCUT2D eigenvalue weighted by molar-refractivity contribution is 5.97. The number of aromatic nitrogens is 2. The number of hydrogen-bond donors (Lipinski definition) is 1. The normalized spacial score (nSPS) is 14.4. The lowest BCUT2D eigenvalue weighted by Gasteiger charge is -2.22. The van der Waals surface area contributed by atoms with Gasteiger partial charge >= 0.3 is 0 Å². The van der Waals surface area contributed by atoms with Gasteiger partial charge in [-0.05, 0) is 30.5 Å². The summed E-state index contributed by atoms with van der Waals surface area (Å²) in [5.74, 6) is 0.934. The third-order valence-corrected chi connectivity index (χ3v) is 3.74. The number of rotatable bonds is 3. The summed E-state index contributed by atoms with van der Waals surface area (Å²) in [4.78, 5) is 6.66. The van der Waals surface area contributed by atoms with Crippen LogP contribution < -0.4 is 10.2 Å². The molecular weight excluding hydrogens is 262 g/mol. The largest absolute Gasteiger partial charge is 0.354 e. The zero-order valence-electron chi connectivity index (χ0n) is 12.6. The SMILES string of the molecule is CN=C(NCCn1cc(C)cn1)N1CCc2ccccc21. The van der Waals surface area contributed by atoms with Gasteiger partial charge in [0.15, 0.2) is 5.96 Å². The molecule has 2 aromatic rings. The van der Waals surface area contributed by atoms with Crippen LogP contribution in [-0.2, 0) is 13.0 Å². The van der Waals surface area contributed by atoms with Crippen molar-refractivity contribution in [2.45, 2.75) is 19.9 Å². The van der Waals surface area contributed by atoms with Crippen molar-refractivity contribution < 1.29 is 0 Å². The molecule has 0 radical (unpaired) electrons. The lowest BCUT2D eigenvalue weighted by atomic mass is 10.2. The Kier molecular flexibility index (Phi) is 3.90. The zero-order valence-corrected chi connectivity index (χ0v) is 12.6. The van der Waals surface area contributed by atoms with E-state index in [1.54, 1.807) is 0 Å². The van der Waals surface area contributed by atoms with Crippen LogP contribution in [0.2, 0.25) is 0 Å². The van der Waals surface area contributed by atoms with E-state index < -0.39 is 0 Å². The molecule has 110 valence electrons. The van der Waals surface area contributed by atoms with Gasteiger partial charge in [0.2, 0.25) is 0 Å². The number of nitrogens with zero attached hydrogens (tertiary/aromatic N) is 4. The molecule has 5 nitrogen and oxygen atoms in total. The van der Waals surface area contributed by atoms with E-state index in [-0.39, 0.29) is 0 Å². The second-order valence-electron chi connectivity index (χ2n) is 5.29. The molecule has 0 aliphatic carbocycles. The van der Waals surface area contributed by atoms with Crippen molar-refractivity contribution in [3.8, 4) is 0 Å². The van der Waals surface area contributed by atoms with Gasteiger partial charge in [0.1, 0.15) is 0 Å². The lowest BCUT2D eigenvalue weighted by molar-refractivity contribution is 0.600. The first-order valence-corrected chi connectivity index (χ1v) is 7.33. The topological polar surface area (TPSA) is 45.5 Å². The Morgan fingerprint density at radius 2 is 2.24 bits per heavy atom. The van der Waals surface area contributed by atoms with Gasteiger partial charge in [-0.2, -0.15) is 5.10 Å². The van der Waals surface area contributed by atoms with Crippen LogP contribution in [-0.4, -0.2) is 35.9 Å². The summed E-state index contributed by atoms with van der Waals surface area (Å²) in [6.45, 7) is 4.69. The average Bonchev–Trinajstić information content (AvgIpc) is 3.10. The Hall–Kier alpha value is -2.30. The van der Waals surface area contributed by atoms with Crippen LogP contribution in [0.4, 0.5) is 5.69 Å². The molecule has 1 aromatic heterocycles. The van der Waals surface area contributed by atoms with E-state index in [0.717, 1.165) is 32.0 Å². The number of nitrogens with one attached hydrogen (secondary N) is 1. The monoisotopic (exact) mass is 283 g/mol. The molecule has 1 aliphatic rings. The summed E-state index contributed by atoms with van der Waals surface area (Å²) in [6.07, 6.45) is 5.01. The summed E-state index contributed by atoms with van der Waals surface area (Å²) in [5.41, 5.74) is 3.84. The number of hydrogen-bond acceptors (Lipinski definition) is 2. The molecule has 5 heteroatoms. The molecule has 0 amide bonds. The Morgan fingerprint density at radius 1 is 1.38 bits per heavy atom. The Balaban J connectivity index is 1.62. The molecule has 2 heterocycles. The van der Waals surface area contributed by atoms with E-state index in [1.807, 2.05) is 17.9 Å². The van der Waals surface area contributed by atoms with Crippen LogP contribution >= 0.6 is 0 Å². The molecule has 3 rings (SSSR count). The van der Waals surface area contributed by atoms with Gasteiger partial charge in [-0.1, -0.05) is 18.2 Å². The number of para-hydroxylation sites is 1. The molecule has 1 aliphatic heterocycles. The van der Waals surface area contributed by atoms with Crippen LogP contribution in [0.3, 0.4) is 0 Å². The molecule has 0 spiro atoms. The van der Waals surface area contributed by atoms with Crippen molar-refractivity contribution in [1.82, 2.24) is 15.1 Å². The van der Waals surface area contributed by atoms with E-state index in [9.17, 15) is 0 Å². The molecule has 0 saturated carbocycles. The standard InChI is InChI=1S/C16H21N5/c1-13-11-19-20(12-13)10-8-18-16(17-2)21-9-7-14-5-3-4-6-15(14)21/h3-6,11-12H,7-10H2,1-2H3,(H,17,18). The van der Waals surface area contributed by atoms with E-state index >= 15 is 0 Å². The van der Waals surface area contributed by atoms with Gasteiger partial charge in [0.25, 0.3) is 0 Å². The second kappa shape index (κ2) is 5.99.